The molecule has 4 nitrogen and oxygen atoms in total. The van der Waals surface area contributed by atoms with Crippen LogP contribution in [0, 0.1) is 0 Å². The Balaban J connectivity index is 3.52. The predicted octanol–water partition coefficient (Wildman–Crippen LogP) is 1.46. The standard InChI is InChI=1S/C11H21F3N2O2/c1-9(10(17)16-7-8-18-2)15-6-4-3-5-11(12,13)14/h9,15H,3-8H2,1-2H3,(H,16,17). The first kappa shape index (κ1) is 17.2. The molecule has 0 aromatic rings. The SMILES string of the molecule is COCCNC(=O)C(C)NCCCCC(F)(F)F. The highest BCUT2D eigenvalue weighted by Crippen LogP contribution is 2.21. The minimum Gasteiger partial charge on any atom is -0.383 e. The molecular weight excluding hydrogens is 249 g/mol. The average molecular weight is 270 g/mol. The van der Waals surface area contributed by atoms with Crippen LogP contribution >= 0.6 is 0 Å². The number of ether oxygens (including phenoxy) is 1. The van der Waals surface area contributed by atoms with Crippen LogP contribution in [0.5, 0.6) is 0 Å². The van der Waals surface area contributed by atoms with Gasteiger partial charge in [-0.2, -0.15) is 13.2 Å². The zero-order valence-electron chi connectivity index (χ0n) is 10.8. The summed E-state index contributed by atoms with van der Waals surface area (Å²) in [6, 6.07) is -0.409. The number of hydrogen-bond donors (Lipinski definition) is 2. The molecule has 0 saturated heterocycles. The highest BCUT2D eigenvalue weighted by molar-refractivity contribution is 5.81. The fourth-order valence-electron chi connectivity index (χ4n) is 1.29. The van der Waals surface area contributed by atoms with Gasteiger partial charge in [-0.25, -0.2) is 0 Å². The Morgan fingerprint density at radius 2 is 1.94 bits per heavy atom. The van der Waals surface area contributed by atoms with Crippen LogP contribution in [0.4, 0.5) is 13.2 Å². The predicted molar refractivity (Wildman–Crippen MR) is 62.3 cm³/mol. The van der Waals surface area contributed by atoms with Gasteiger partial charge in [0.15, 0.2) is 0 Å². The van der Waals surface area contributed by atoms with Crippen molar-refractivity contribution in [3.63, 3.8) is 0 Å². The second-order valence-electron chi connectivity index (χ2n) is 4.03. The molecule has 0 aromatic carbocycles. The number of rotatable bonds is 9. The van der Waals surface area contributed by atoms with Gasteiger partial charge in [-0.05, 0) is 26.3 Å². The first-order valence-corrected chi connectivity index (χ1v) is 5.93. The van der Waals surface area contributed by atoms with Crippen molar-refractivity contribution in [1.82, 2.24) is 10.6 Å². The summed E-state index contributed by atoms with van der Waals surface area (Å²) in [5.74, 6) is -0.178. The number of amides is 1. The van der Waals surface area contributed by atoms with E-state index in [0.29, 0.717) is 26.1 Å². The molecule has 1 unspecified atom stereocenters. The lowest BCUT2D eigenvalue weighted by atomic mass is 10.2. The van der Waals surface area contributed by atoms with Crippen LogP contribution in [-0.2, 0) is 9.53 Å². The quantitative estimate of drug-likeness (QED) is 0.624. The van der Waals surface area contributed by atoms with Crippen LogP contribution in [-0.4, -0.2) is 44.9 Å². The maximum Gasteiger partial charge on any atom is 0.389 e. The zero-order chi connectivity index (χ0) is 14.0. The molecule has 0 bridgehead atoms. The van der Waals surface area contributed by atoms with E-state index >= 15 is 0 Å². The molecule has 0 rings (SSSR count). The molecule has 0 aliphatic heterocycles. The molecule has 0 aromatic heterocycles. The molecule has 108 valence electrons. The Labute approximate surface area is 105 Å². The number of unbranched alkanes of at least 4 members (excludes halogenated alkanes) is 1. The molecule has 18 heavy (non-hydrogen) atoms. The lowest BCUT2D eigenvalue weighted by Crippen LogP contribution is -2.43. The first-order valence-electron chi connectivity index (χ1n) is 5.93. The molecular formula is C11H21F3N2O2. The summed E-state index contributed by atoms with van der Waals surface area (Å²) >= 11 is 0. The van der Waals surface area contributed by atoms with Crippen LogP contribution in [0.25, 0.3) is 0 Å². The van der Waals surface area contributed by atoms with Crippen LogP contribution < -0.4 is 10.6 Å². The molecule has 0 heterocycles. The van der Waals surface area contributed by atoms with Crippen LogP contribution in [0.15, 0.2) is 0 Å². The smallest absolute Gasteiger partial charge is 0.383 e. The molecule has 0 aliphatic carbocycles. The molecule has 0 aliphatic rings. The second kappa shape index (κ2) is 9.16. The van der Waals surface area contributed by atoms with Crippen LogP contribution in [0.3, 0.4) is 0 Å². The Kier molecular flexibility index (Phi) is 8.74. The molecule has 0 saturated carbocycles. The highest BCUT2D eigenvalue weighted by atomic mass is 19.4. The van der Waals surface area contributed by atoms with E-state index in [1.165, 1.54) is 7.11 Å². The molecule has 1 amide bonds. The van der Waals surface area contributed by atoms with E-state index in [4.69, 9.17) is 4.74 Å². The minimum atomic E-state index is -4.09. The van der Waals surface area contributed by atoms with Crippen molar-refractivity contribution in [2.45, 2.75) is 38.4 Å². The maximum atomic E-state index is 11.8. The fraction of sp³-hybridized carbons (Fsp3) is 0.909. The van der Waals surface area contributed by atoms with Gasteiger partial charge in [0.05, 0.1) is 12.6 Å². The zero-order valence-corrected chi connectivity index (χ0v) is 10.8. The molecule has 7 heteroatoms. The van der Waals surface area contributed by atoms with Crippen molar-refractivity contribution in [3.05, 3.63) is 0 Å². The van der Waals surface area contributed by atoms with E-state index in [0.717, 1.165) is 0 Å². The molecule has 0 radical (unpaired) electrons. The number of methoxy groups -OCH3 is 1. The minimum absolute atomic E-state index is 0.0779. The number of carbonyl (C=O) groups is 1. The van der Waals surface area contributed by atoms with Crippen molar-refractivity contribution in [2.24, 2.45) is 0 Å². The Morgan fingerprint density at radius 1 is 1.28 bits per heavy atom. The third-order valence-corrected chi connectivity index (χ3v) is 2.34. The molecule has 0 spiro atoms. The monoisotopic (exact) mass is 270 g/mol. The largest absolute Gasteiger partial charge is 0.389 e. The summed E-state index contributed by atoms with van der Waals surface area (Å²) in [4.78, 5) is 11.4. The fourth-order valence-corrected chi connectivity index (χ4v) is 1.29. The van der Waals surface area contributed by atoms with Gasteiger partial charge in [-0.15, -0.1) is 0 Å². The highest BCUT2D eigenvalue weighted by Gasteiger charge is 2.25. The van der Waals surface area contributed by atoms with Gasteiger partial charge in [-0.3, -0.25) is 4.79 Å². The Hall–Kier alpha value is -0.820. The number of hydrogen-bond acceptors (Lipinski definition) is 3. The van der Waals surface area contributed by atoms with Gasteiger partial charge >= 0.3 is 6.18 Å². The van der Waals surface area contributed by atoms with Crippen LogP contribution in [0.1, 0.15) is 26.2 Å². The molecule has 0 fully saturated rings. The second-order valence-corrected chi connectivity index (χ2v) is 4.03. The summed E-state index contributed by atoms with van der Waals surface area (Å²) in [6.45, 7) is 2.93. The van der Waals surface area contributed by atoms with E-state index in [1.54, 1.807) is 6.92 Å². The van der Waals surface area contributed by atoms with E-state index in [-0.39, 0.29) is 12.3 Å². The molecule has 1 atom stereocenters. The van der Waals surface area contributed by atoms with Crippen molar-refractivity contribution in [3.8, 4) is 0 Å². The first-order chi connectivity index (χ1) is 8.37. The molecule has 2 N–H and O–H groups in total. The van der Waals surface area contributed by atoms with Gasteiger partial charge in [0.2, 0.25) is 5.91 Å². The van der Waals surface area contributed by atoms with Crippen molar-refractivity contribution in [2.75, 3.05) is 26.8 Å². The van der Waals surface area contributed by atoms with Crippen molar-refractivity contribution < 1.29 is 22.7 Å². The van der Waals surface area contributed by atoms with Gasteiger partial charge in [0.1, 0.15) is 0 Å². The Bertz CT molecular complexity index is 235. The third-order valence-electron chi connectivity index (χ3n) is 2.34. The lowest BCUT2D eigenvalue weighted by Gasteiger charge is -2.14. The summed E-state index contributed by atoms with van der Waals surface area (Å²) in [7, 11) is 1.54. The normalized spacial score (nSPS) is 13.4. The van der Waals surface area contributed by atoms with E-state index < -0.39 is 18.6 Å². The summed E-state index contributed by atoms with van der Waals surface area (Å²) < 4.78 is 40.3. The maximum absolute atomic E-state index is 11.8. The summed E-state index contributed by atoms with van der Waals surface area (Å²) in [6.07, 6.45) is -4.39. The summed E-state index contributed by atoms with van der Waals surface area (Å²) in [5.41, 5.74) is 0. The number of alkyl halides is 3. The number of carbonyl (C=O) groups excluding carboxylic acids is 1. The van der Waals surface area contributed by atoms with Gasteiger partial charge < -0.3 is 15.4 Å². The van der Waals surface area contributed by atoms with Crippen molar-refractivity contribution >= 4 is 5.91 Å². The number of halogens is 3. The lowest BCUT2D eigenvalue weighted by molar-refractivity contribution is -0.135. The summed E-state index contributed by atoms with van der Waals surface area (Å²) in [5, 5.41) is 5.52. The van der Waals surface area contributed by atoms with E-state index in [2.05, 4.69) is 10.6 Å². The topological polar surface area (TPSA) is 50.4 Å². The van der Waals surface area contributed by atoms with E-state index in [9.17, 15) is 18.0 Å². The van der Waals surface area contributed by atoms with E-state index in [1.807, 2.05) is 0 Å². The third kappa shape index (κ3) is 10.3. The van der Waals surface area contributed by atoms with Crippen LogP contribution in [0.2, 0.25) is 0 Å². The van der Waals surface area contributed by atoms with Gasteiger partial charge in [0.25, 0.3) is 0 Å². The Morgan fingerprint density at radius 3 is 2.50 bits per heavy atom. The van der Waals surface area contributed by atoms with Gasteiger partial charge in [-0.1, -0.05) is 0 Å². The number of nitrogens with one attached hydrogen (secondary N) is 2. The van der Waals surface area contributed by atoms with Crippen molar-refractivity contribution in [1.29, 1.82) is 0 Å². The van der Waals surface area contributed by atoms with Gasteiger partial charge in [0, 0.05) is 20.1 Å². The average Bonchev–Trinajstić information content (AvgIpc) is 2.27.